The summed E-state index contributed by atoms with van der Waals surface area (Å²) in [7, 11) is 3.66. The molecule has 6 heteroatoms. The van der Waals surface area contributed by atoms with E-state index < -0.39 is 0 Å². The van der Waals surface area contributed by atoms with Crippen LogP contribution in [-0.4, -0.2) is 32.6 Å². The minimum Gasteiger partial charge on any atom is -0.359 e. The third kappa shape index (κ3) is 3.44. The fourth-order valence-corrected chi connectivity index (χ4v) is 3.13. The smallest absolute Gasteiger partial charge is 0.254 e. The van der Waals surface area contributed by atoms with Crippen LogP contribution in [0.2, 0.25) is 0 Å². The summed E-state index contributed by atoms with van der Waals surface area (Å²) in [6.07, 6.45) is 3.58. The van der Waals surface area contributed by atoms with E-state index in [4.69, 9.17) is 4.52 Å². The van der Waals surface area contributed by atoms with E-state index in [0.29, 0.717) is 17.9 Å². The van der Waals surface area contributed by atoms with Crippen molar-refractivity contribution in [3.8, 4) is 22.6 Å². The normalized spacial score (nSPS) is 10.8. The molecule has 0 bridgehead atoms. The molecule has 4 aromatic rings. The predicted molar refractivity (Wildman–Crippen MR) is 106 cm³/mol. The molecule has 0 atom stereocenters. The first kappa shape index (κ1) is 17.7. The zero-order valence-electron chi connectivity index (χ0n) is 15.7. The number of carbonyl (C=O) groups excluding carboxylic acids is 1. The van der Waals surface area contributed by atoms with E-state index in [1.165, 1.54) is 0 Å². The van der Waals surface area contributed by atoms with Gasteiger partial charge in [0.2, 0.25) is 0 Å². The predicted octanol–water partition coefficient (Wildman–Crippen LogP) is 4.01. The van der Waals surface area contributed by atoms with Gasteiger partial charge in [-0.15, -0.1) is 0 Å². The molecule has 1 amide bonds. The fourth-order valence-electron chi connectivity index (χ4n) is 3.13. The second-order valence-corrected chi connectivity index (χ2v) is 6.61. The van der Waals surface area contributed by atoms with Gasteiger partial charge in [0.1, 0.15) is 11.5 Å². The van der Waals surface area contributed by atoms with Gasteiger partial charge in [0, 0.05) is 43.7 Å². The first-order valence-electron chi connectivity index (χ1n) is 8.96. The lowest BCUT2D eigenvalue weighted by atomic mass is 10.1. The maximum absolute atomic E-state index is 13.1. The summed E-state index contributed by atoms with van der Waals surface area (Å²) in [6.45, 7) is 0.327. The SMILES string of the molecule is CN(Cc1cc(-c2ccccc2)no1)C(=O)c1ccccc1-c1nccn1C. The van der Waals surface area contributed by atoms with E-state index in [-0.39, 0.29) is 5.91 Å². The largest absolute Gasteiger partial charge is 0.359 e. The summed E-state index contributed by atoms with van der Waals surface area (Å²) in [5.74, 6) is 1.28. The van der Waals surface area contributed by atoms with Crippen molar-refractivity contribution < 1.29 is 9.32 Å². The molecule has 0 unspecified atom stereocenters. The van der Waals surface area contributed by atoms with Crippen LogP contribution in [0.15, 0.2) is 77.6 Å². The minimum atomic E-state index is -0.101. The number of nitrogens with zero attached hydrogens (tertiary/aromatic N) is 4. The molecule has 6 nitrogen and oxygen atoms in total. The number of imidazole rings is 1. The Labute approximate surface area is 163 Å². The van der Waals surface area contributed by atoms with E-state index in [1.807, 2.05) is 78.5 Å². The molecule has 2 heterocycles. The summed E-state index contributed by atoms with van der Waals surface area (Å²) in [6, 6.07) is 19.2. The number of hydrogen-bond donors (Lipinski definition) is 0. The van der Waals surface area contributed by atoms with Crippen LogP contribution in [0.3, 0.4) is 0 Å². The van der Waals surface area contributed by atoms with E-state index in [9.17, 15) is 4.79 Å². The molecule has 0 aliphatic rings. The van der Waals surface area contributed by atoms with Crippen molar-refractivity contribution in [1.82, 2.24) is 19.6 Å². The fraction of sp³-hybridized carbons (Fsp3) is 0.136. The van der Waals surface area contributed by atoms with Gasteiger partial charge in [0.05, 0.1) is 12.1 Å². The number of aromatic nitrogens is 3. The number of carbonyl (C=O) groups is 1. The van der Waals surface area contributed by atoms with Crippen LogP contribution in [0.4, 0.5) is 0 Å². The van der Waals surface area contributed by atoms with Crippen molar-refractivity contribution in [2.24, 2.45) is 7.05 Å². The Kier molecular flexibility index (Phi) is 4.76. The first-order valence-corrected chi connectivity index (χ1v) is 8.96. The standard InChI is InChI=1S/C22H20N4O2/c1-25-13-12-23-21(25)18-10-6-7-11-19(18)22(27)26(2)15-17-14-20(24-28-17)16-8-4-3-5-9-16/h3-14H,15H2,1-2H3. The Morgan fingerprint density at radius 3 is 2.61 bits per heavy atom. The Morgan fingerprint density at radius 1 is 1.11 bits per heavy atom. The van der Waals surface area contributed by atoms with Gasteiger partial charge in [-0.05, 0) is 6.07 Å². The molecule has 28 heavy (non-hydrogen) atoms. The average molecular weight is 372 g/mol. The maximum Gasteiger partial charge on any atom is 0.254 e. The Balaban J connectivity index is 1.55. The van der Waals surface area contributed by atoms with Crippen LogP contribution < -0.4 is 0 Å². The number of amides is 1. The van der Waals surface area contributed by atoms with Crippen LogP contribution >= 0.6 is 0 Å². The summed E-state index contributed by atoms with van der Waals surface area (Å²) >= 11 is 0. The zero-order chi connectivity index (χ0) is 19.5. The second-order valence-electron chi connectivity index (χ2n) is 6.61. The van der Waals surface area contributed by atoms with E-state index >= 15 is 0 Å². The summed E-state index contributed by atoms with van der Waals surface area (Å²) in [5, 5.41) is 4.12. The topological polar surface area (TPSA) is 64.2 Å². The molecule has 2 aromatic heterocycles. The lowest BCUT2D eigenvalue weighted by Crippen LogP contribution is -2.26. The molecule has 0 fully saturated rings. The molecular formula is C22H20N4O2. The highest BCUT2D eigenvalue weighted by Gasteiger charge is 2.20. The van der Waals surface area contributed by atoms with E-state index in [2.05, 4.69) is 10.1 Å². The van der Waals surface area contributed by atoms with Gasteiger partial charge in [0.25, 0.3) is 5.91 Å². The summed E-state index contributed by atoms with van der Waals surface area (Å²) < 4.78 is 7.33. The molecule has 140 valence electrons. The second kappa shape index (κ2) is 7.52. The minimum absolute atomic E-state index is 0.101. The summed E-state index contributed by atoms with van der Waals surface area (Å²) in [5.41, 5.74) is 3.13. The molecule has 0 spiro atoms. The molecule has 0 N–H and O–H groups in total. The maximum atomic E-state index is 13.1. The van der Waals surface area contributed by atoms with Gasteiger partial charge < -0.3 is 14.0 Å². The van der Waals surface area contributed by atoms with Gasteiger partial charge in [-0.2, -0.15) is 0 Å². The lowest BCUT2D eigenvalue weighted by Gasteiger charge is -2.17. The molecule has 4 rings (SSSR count). The van der Waals surface area contributed by atoms with Gasteiger partial charge in [-0.1, -0.05) is 53.7 Å². The van der Waals surface area contributed by atoms with Crippen molar-refractivity contribution >= 4 is 5.91 Å². The molecule has 0 radical (unpaired) electrons. The van der Waals surface area contributed by atoms with Crippen molar-refractivity contribution in [3.63, 3.8) is 0 Å². The molecule has 0 saturated heterocycles. The van der Waals surface area contributed by atoms with Crippen LogP contribution in [0.25, 0.3) is 22.6 Å². The summed E-state index contributed by atoms with van der Waals surface area (Å²) in [4.78, 5) is 19.1. The molecular weight excluding hydrogens is 352 g/mol. The van der Waals surface area contributed by atoms with Crippen molar-refractivity contribution in [3.05, 3.63) is 84.4 Å². The number of benzene rings is 2. The third-order valence-corrected chi connectivity index (χ3v) is 4.59. The molecule has 0 aliphatic carbocycles. The average Bonchev–Trinajstić information content (AvgIpc) is 3.37. The van der Waals surface area contributed by atoms with Crippen molar-refractivity contribution in [2.45, 2.75) is 6.54 Å². The molecule has 2 aromatic carbocycles. The highest BCUT2D eigenvalue weighted by molar-refractivity contribution is 6.00. The first-order chi connectivity index (χ1) is 13.6. The number of hydrogen-bond acceptors (Lipinski definition) is 4. The van der Waals surface area contributed by atoms with Gasteiger partial charge in [-0.25, -0.2) is 4.98 Å². The highest BCUT2D eigenvalue weighted by Crippen LogP contribution is 2.24. The Hall–Kier alpha value is -3.67. The molecule has 0 aliphatic heterocycles. The van der Waals surface area contributed by atoms with Crippen LogP contribution in [-0.2, 0) is 13.6 Å². The van der Waals surface area contributed by atoms with Gasteiger partial charge in [-0.3, -0.25) is 4.79 Å². The highest BCUT2D eigenvalue weighted by atomic mass is 16.5. The lowest BCUT2D eigenvalue weighted by molar-refractivity contribution is 0.0773. The number of aryl methyl sites for hydroxylation is 1. The quantitative estimate of drug-likeness (QED) is 0.531. The number of rotatable bonds is 5. The van der Waals surface area contributed by atoms with E-state index in [0.717, 1.165) is 22.6 Å². The van der Waals surface area contributed by atoms with Crippen LogP contribution in [0.1, 0.15) is 16.1 Å². The zero-order valence-corrected chi connectivity index (χ0v) is 15.7. The molecule has 0 saturated carbocycles. The van der Waals surface area contributed by atoms with Crippen molar-refractivity contribution in [2.75, 3.05) is 7.05 Å². The third-order valence-electron chi connectivity index (χ3n) is 4.59. The van der Waals surface area contributed by atoms with E-state index in [1.54, 1.807) is 18.1 Å². The Morgan fingerprint density at radius 2 is 1.86 bits per heavy atom. The van der Waals surface area contributed by atoms with Crippen molar-refractivity contribution in [1.29, 1.82) is 0 Å². The van der Waals surface area contributed by atoms with Crippen LogP contribution in [0.5, 0.6) is 0 Å². The van der Waals surface area contributed by atoms with Gasteiger partial charge >= 0.3 is 0 Å². The Bertz CT molecular complexity index is 1100. The van der Waals surface area contributed by atoms with Crippen LogP contribution in [0, 0.1) is 0 Å². The monoisotopic (exact) mass is 372 g/mol. The van der Waals surface area contributed by atoms with Gasteiger partial charge in [0.15, 0.2) is 5.76 Å².